The molecule has 0 saturated carbocycles. The molecule has 7 rings (SSSR count). The van der Waals surface area contributed by atoms with E-state index in [-0.39, 0.29) is 43.5 Å². The fourth-order valence-corrected chi connectivity index (χ4v) is 6.84. The van der Waals surface area contributed by atoms with E-state index in [1.165, 1.54) is 0 Å². The Morgan fingerprint density at radius 3 is 2.07 bits per heavy atom. The lowest BCUT2D eigenvalue weighted by Crippen LogP contribution is -2.45. The van der Waals surface area contributed by atoms with Crippen LogP contribution in [0.3, 0.4) is 0 Å². The first kappa shape index (κ1) is 30.5. The molecular weight excluding hydrogens is 588 g/mol. The van der Waals surface area contributed by atoms with Gasteiger partial charge in [0.2, 0.25) is 11.9 Å². The van der Waals surface area contributed by atoms with Crippen LogP contribution >= 0.6 is 0 Å². The number of hydrogen-bond donors (Lipinski definition) is 4. The van der Waals surface area contributed by atoms with Gasteiger partial charge in [-0.2, -0.15) is 15.0 Å². The van der Waals surface area contributed by atoms with Crippen molar-refractivity contribution >= 4 is 35.1 Å². The van der Waals surface area contributed by atoms with Gasteiger partial charge in [-0.15, -0.1) is 0 Å². The maximum absolute atomic E-state index is 12.8. The summed E-state index contributed by atoms with van der Waals surface area (Å²) in [6.45, 7) is 5.18. The van der Waals surface area contributed by atoms with Crippen LogP contribution in [0, 0.1) is 0 Å². The van der Waals surface area contributed by atoms with Crippen LogP contribution in [-0.4, -0.2) is 125 Å². The third kappa shape index (κ3) is 6.56. The molecule has 1 aromatic carbocycles. The van der Waals surface area contributed by atoms with Gasteiger partial charge >= 0.3 is 6.03 Å². The Bertz CT molecular complexity index is 1480. The number of carbonyl (C=O) groups excluding carboxylic acids is 1. The number of piperazine rings is 1. The van der Waals surface area contributed by atoms with Crippen LogP contribution < -0.4 is 25.3 Å². The lowest BCUT2D eigenvalue weighted by molar-refractivity contribution is 0.0299. The number of morpholine rings is 1. The molecule has 14 heteroatoms. The predicted molar refractivity (Wildman–Crippen MR) is 175 cm³/mol. The Morgan fingerprint density at radius 1 is 0.804 bits per heavy atom. The molecule has 2 bridgehead atoms. The summed E-state index contributed by atoms with van der Waals surface area (Å²) in [6, 6.07) is 10.4. The highest BCUT2D eigenvalue weighted by Crippen LogP contribution is 2.33. The predicted octanol–water partition coefficient (Wildman–Crippen LogP) is 2.02. The summed E-state index contributed by atoms with van der Waals surface area (Å²) in [7, 11) is 2.12. The fourth-order valence-electron chi connectivity index (χ4n) is 6.84. The number of fused-ring (bicyclic) bond motifs is 2. The van der Waals surface area contributed by atoms with E-state index >= 15 is 0 Å². The average Bonchev–Trinajstić information content (AvgIpc) is 3.67. The van der Waals surface area contributed by atoms with E-state index in [1.54, 1.807) is 6.20 Å². The number of aromatic nitrogens is 4. The standard InChI is InChI=1S/C32H42N10O4/c1-39-12-14-40(15-13-39)28-11-6-23(16-33-28)35-32(45)34-22-4-2-21(3-5-22)29-36-30(41-17-26-9-10-27(18-41)46-26)38-31(37-29)42-24(19-43)7-8-25(42)20-44/h2-6,11,16,24-27,43-44H,7-10,12-15,17-20H2,1H3,(H2,34,35,45)/t24-,25+,26?,27?. The van der Waals surface area contributed by atoms with Gasteiger partial charge in [-0.3, -0.25) is 0 Å². The van der Waals surface area contributed by atoms with Crippen LogP contribution in [0.1, 0.15) is 25.7 Å². The van der Waals surface area contributed by atoms with Crippen LogP contribution in [-0.2, 0) is 4.74 Å². The summed E-state index contributed by atoms with van der Waals surface area (Å²) in [4.78, 5) is 40.5. The Morgan fingerprint density at radius 2 is 1.43 bits per heavy atom. The first-order valence-corrected chi connectivity index (χ1v) is 16.2. The summed E-state index contributed by atoms with van der Waals surface area (Å²) in [6.07, 6.45) is 5.54. The van der Waals surface area contributed by atoms with Crippen LogP contribution in [0.25, 0.3) is 11.4 Å². The number of aliphatic hydroxyl groups is 2. The number of benzene rings is 1. The number of aliphatic hydroxyl groups excluding tert-OH is 2. The highest BCUT2D eigenvalue weighted by molar-refractivity contribution is 5.99. The number of hydrogen-bond acceptors (Lipinski definition) is 12. The van der Waals surface area contributed by atoms with Gasteiger partial charge in [-0.1, -0.05) is 0 Å². The van der Waals surface area contributed by atoms with Crippen LogP contribution in [0.2, 0.25) is 0 Å². The summed E-state index contributed by atoms with van der Waals surface area (Å²) in [5, 5.41) is 25.9. The Hall–Kier alpha value is -4.11. The lowest BCUT2D eigenvalue weighted by atomic mass is 10.2. The minimum atomic E-state index is -0.368. The minimum Gasteiger partial charge on any atom is -0.394 e. The number of anilines is 5. The molecule has 244 valence electrons. The largest absolute Gasteiger partial charge is 0.394 e. The topological polar surface area (TPSA) is 155 Å². The highest BCUT2D eigenvalue weighted by atomic mass is 16.5. The van der Waals surface area contributed by atoms with Gasteiger partial charge in [0.15, 0.2) is 5.82 Å². The van der Waals surface area contributed by atoms with Crippen molar-refractivity contribution in [3.8, 4) is 11.4 Å². The molecule has 0 aliphatic carbocycles. The number of carbonyl (C=O) groups is 1. The van der Waals surface area contributed by atoms with E-state index in [0.717, 1.165) is 63.2 Å². The van der Waals surface area contributed by atoms with Crippen molar-refractivity contribution in [1.82, 2.24) is 24.8 Å². The van der Waals surface area contributed by atoms with Gasteiger partial charge in [0, 0.05) is 50.5 Å². The second kappa shape index (κ2) is 13.3. The fraction of sp³-hybridized carbons (Fsp3) is 0.531. The normalized spacial score (nSPS) is 24.8. The molecule has 4 saturated heterocycles. The van der Waals surface area contributed by atoms with Crippen molar-refractivity contribution in [1.29, 1.82) is 0 Å². The number of pyridine rings is 1. The van der Waals surface area contributed by atoms with E-state index in [2.05, 4.69) is 37.4 Å². The molecule has 4 fully saturated rings. The van der Waals surface area contributed by atoms with Gasteiger partial charge in [-0.05, 0) is 69.1 Å². The van der Waals surface area contributed by atoms with Crippen molar-refractivity contribution < 1.29 is 19.7 Å². The summed E-state index contributed by atoms with van der Waals surface area (Å²) < 4.78 is 6.04. The molecule has 0 spiro atoms. The van der Waals surface area contributed by atoms with Crippen molar-refractivity contribution in [3.05, 3.63) is 42.6 Å². The van der Waals surface area contributed by atoms with Gasteiger partial charge in [-0.25, -0.2) is 9.78 Å². The molecule has 2 amide bonds. The van der Waals surface area contributed by atoms with E-state index in [9.17, 15) is 15.0 Å². The lowest BCUT2D eigenvalue weighted by Gasteiger charge is -2.33. The van der Waals surface area contributed by atoms with Crippen LogP contribution in [0.4, 0.5) is 33.9 Å². The second-order valence-corrected chi connectivity index (χ2v) is 12.6. The van der Waals surface area contributed by atoms with Crippen LogP contribution in [0.15, 0.2) is 42.6 Å². The smallest absolute Gasteiger partial charge is 0.323 e. The van der Waals surface area contributed by atoms with Crippen LogP contribution in [0.5, 0.6) is 0 Å². The molecule has 2 aromatic heterocycles. The van der Waals surface area contributed by atoms with E-state index in [4.69, 9.17) is 19.7 Å². The van der Waals surface area contributed by atoms with E-state index in [0.29, 0.717) is 42.2 Å². The number of urea groups is 1. The molecule has 46 heavy (non-hydrogen) atoms. The zero-order valence-electron chi connectivity index (χ0n) is 26.1. The van der Waals surface area contributed by atoms with E-state index in [1.807, 2.05) is 41.3 Å². The Labute approximate surface area is 268 Å². The monoisotopic (exact) mass is 630 g/mol. The molecule has 14 nitrogen and oxygen atoms in total. The maximum Gasteiger partial charge on any atom is 0.323 e. The molecule has 0 radical (unpaired) electrons. The molecular formula is C32H42N10O4. The summed E-state index contributed by atoms with van der Waals surface area (Å²) in [5.74, 6) is 2.41. The summed E-state index contributed by atoms with van der Waals surface area (Å²) in [5.41, 5.74) is 1.98. The van der Waals surface area contributed by atoms with Crippen molar-refractivity contribution in [2.24, 2.45) is 0 Å². The zero-order chi connectivity index (χ0) is 31.6. The van der Waals surface area contributed by atoms with Gasteiger partial charge in [0.25, 0.3) is 0 Å². The first-order valence-electron chi connectivity index (χ1n) is 16.2. The molecule has 2 unspecified atom stereocenters. The summed E-state index contributed by atoms with van der Waals surface area (Å²) >= 11 is 0. The number of nitrogens with one attached hydrogen (secondary N) is 2. The van der Waals surface area contributed by atoms with Gasteiger partial charge in [0.1, 0.15) is 5.82 Å². The third-order valence-electron chi connectivity index (χ3n) is 9.44. The molecule has 3 aromatic rings. The Balaban J connectivity index is 1.06. The number of ether oxygens (including phenoxy) is 1. The SMILES string of the molecule is CN1CCN(c2ccc(NC(=O)Nc3ccc(-c4nc(N5CC6CCC(C5)O6)nc(N5[C@H](CO)CC[C@@H]5CO)n4)cc3)cn2)CC1. The Kier molecular flexibility index (Phi) is 8.84. The molecule has 4 atom stereocenters. The van der Waals surface area contributed by atoms with Gasteiger partial charge in [0.05, 0.1) is 49.4 Å². The third-order valence-corrected chi connectivity index (χ3v) is 9.44. The van der Waals surface area contributed by atoms with Crippen molar-refractivity contribution in [3.63, 3.8) is 0 Å². The quantitative estimate of drug-likeness (QED) is 0.288. The molecule has 6 heterocycles. The number of amides is 2. The number of nitrogens with zero attached hydrogens (tertiary/aromatic N) is 8. The number of rotatable bonds is 8. The van der Waals surface area contributed by atoms with Gasteiger partial charge < -0.3 is 45.2 Å². The molecule has 4 aliphatic rings. The first-order chi connectivity index (χ1) is 22.4. The van der Waals surface area contributed by atoms with E-state index < -0.39 is 0 Å². The maximum atomic E-state index is 12.8. The van der Waals surface area contributed by atoms with Crippen molar-refractivity contribution in [2.45, 2.75) is 50.0 Å². The molecule has 4 aliphatic heterocycles. The minimum absolute atomic E-state index is 0.0482. The van der Waals surface area contributed by atoms with Crippen molar-refractivity contribution in [2.75, 3.05) is 84.9 Å². The zero-order valence-corrected chi connectivity index (χ0v) is 26.1. The highest BCUT2D eigenvalue weighted by Gasteiger charge is 2.38. The second-order valence-electron chi connectivity index (χ2n) is 12.6. The number of likely N-dealkylation sites (N-methyl/N-ethyl adjacent to an activating group) is 1. The average molecular weight is 631 g/mol. The molecule has 4 N–H and O–H groups in total.